The molecule has 1 aliphatic carbocycles. The molecule has 0 bridgehead atoms. The van der Waals surface area contributed by atoms with Crippen LogP contribution >= 0.6 is 0 Å². The quantitative estimate of drug-likeness (QED) is 0.416. The van der Waals surface area contributed by atoms with Crippen LogP contribution in [0.25, 0.3) is 5.76 Å². The lowest BCUT2D eigenvalue weighted by Gasteiger charge is -2.34. The highest BCUT2D eigenvalue weighted by atomic mass is 19.1. The molecule has 0 unspecified atom stereocenters. The van der Waals surface area contributed by atoms with Crippen molar-refractivity contribution >= 4 is 17.3 Å². The Balaban J connectivity index is 1.84. The van der Waals surface area contributed by atoms with Crippen molar-refractivity contribution in [1.82, 2.24) is 0 Å². The normalized spacial score (nSPS) is 16.7. The Kier molecular flexibility index (Phi) is 5.84. The van der Waals surface area contributed by atoms with Gasteiger partial charge in [-0.25, -0.2) is 4.39 Å². The number of carbonyl (C=O) groups is 2. The summed E-state index contributed by atoms with van der Waals surface area (Å²) in [5, 5.41) is 10.3. The van der Waals surface area contributed by atoms with Gasteiger partial charge in [0.15, 0.2) is 11.6 Å². The molecule has 0 amide bonds. The van der Waals surface area contributed by atoms with Gasteiger partial charge in [-0.1, -0.05) is 49.6 Å². The molecule has 0 atom stereocenters. The van der Waals surface area contributed by atoms with Gasteiger partial charge in [0.05, 0.1) is 0 Å². The van der Waals surface area contributed by atoms with Gasteiger partial charge in [0, 0.05) is 29.0 Å². The Hall–Kier alpha value is -2.75. The molecule has 0 aliphatic heterocycles. The molecule has 27 heavy (non-hydrogen) atoms. The lowest BCUT2D eigenvalue weighted by atomic mass is 9.67. The smallest absolute Gasteiger partial charge is 0.165 e. The maximum Gasteiger partial charge on any atom is 0.165 e. The highest BCUT2D eigenvalue weighted by Gasteiger charge is 2.40. The van der Waals surface area contributed by atoms with E-state index >= 15 is 0 Å². The minimum atomic E-state index is -0.799. The van der Waals surface area contributed by atoms with Crippen molar-refractivity contribution in [2.75, 3.05) is 0 Å². The minimum Gasteiger partial charge on any atom is -0.507 e. The van der Waals surface area contributed by atoms with Gasteiger partial charge in [0.1, 0.15) is 11.6 Å². The van der Waals surface area contributed by atoms with E-state index in [1.807, 2.05) is 6.07 Å². The molecular formula is C23H23FO3. The van der Waals surface area contributed by atoms with Gasteiger partial charge in [-0.05, 0) is 37.1 Å². The fourth-order valence-electron chi connectivity index (χ4n) is 3.75. The summed E-state index contributed by atoms with van der Waals surface area (Å²) in [7, 11) is 0. The zero-order valence-electron chi connectivity index (χ0n) is 15.2. The second kappa shape index (κ2) is 8.30. The highest BCUT2D eigenvalue weighted by molar-refractivity contribution is 6.05. The molecule has 4 heteroatoms. The fraction of sp³-hybridized carbons (Fsp3) is 0.304. The first-order valence-electron chi connectivity index (χ1n) is 9.29. The first-order chi connectivity index (χ1) is 13.0. The average molecular weight is 366 g/mol. The average Bonchev–Trinajstić information content (AvgIpc) is 2.69. The summed E-state index contributed by atoms with van der Waals surface area (Å²) in [4.78, 5) is 25.8. The van der Waals surface area contributed by atoms with Gasteiger partial charge in [0.25, 0.3) is 0 Å². The van der Waals surface area contributed by atoms with Crippen LogP contribution in [0.3, 0.4) is 0 Å². The Bertz CT molecular complexity index is 832. The van der Waals surface area contributed by atoms with E-state index in [9.17, 15) is 19.1 Å². The van der Waals surface area contributed by atoms with E-state index in [1.54, 1.807) is 24.3 Å². The van der Waals surface area contributed by atoms with Crippen LogP contribution in [0.15, 0.2) is 60.7 Å². The maximum atomic E-state index is 13.1. The molecule has 0 radical (unpaired) electrons. The molecule has 3 nitrogen and oxygen atoms in total. The number of halogens is 1. The lowest BCUT2D eigenvalue weighted by molar-refractivity contribution is -0.125. The van der Waals surface area contributed by atoms with Gasteiger partial charge >= 0.3 is 0 Å². The predicted molar refractivity (Wildman–Crippen MR) is 103 cm³/mol. The molecule has 1 N–H and O–H groups in total. The van der Waals surface area contributed by atoms with Crippen molar-refractivity contribution in [3.63, 3.8) is 0 Å². The third-order valence-corrected chi connectivity index (χ3v) is 5.34. The SMILES string of the molecule is O=C(CC1(C(=O)/C=C(\O)c2ccccc2)CCCCC1)c1ccc(F)cc1. The minimum absolute atomic E-state index is 0.0794. The van der Waals surface area contributed by atoms with Crippen molar-refractivity contribution in [2.24, 2.45) is 5.41 Å². The summed E-state index contributed by atoms with van der Waals surface area (Å²) >= 11 is 0. The van der Waals surface area contributed by atoms with Gasteiger partial charge in [-0.2, -0.15) is 0 Å². The fourth-order valence-corrected chi connectivity index (χ4v) is 3.75. The Labute approximate surface area is 158 Å². The molecule has 0 heterocycles. The van der Waals surface area contributed by atoms with Gasteiger partial charge in [-0.15, -0.1) is 0 Å². The first-order valence-corrected chi connectivity index (χ1v) is 9.29. The van der Waals surface area contributed by atoms with Crippen molar-refractivity contribution in [2.45, 2.75) is 38.5 Å². The van der Waals surface area contributed by atoms with E-state index in [0.29, 0.717) is 24.0 Å². The summed E-state index contributed by atoms with van der Waals surface area (Å²) in [5.74, 6) is -0.859. The molecule has 1 aliphatic rings. The highest BCUT2D eigenvalue weighted by Crippen LogP contribution is 2.42. The van der Waals surface area contributed by atoms with E-state index in [4.69, 9.17) is 0 Å². The number of hydrogen-bond donors (Lipinski definition) is 1. The second-order valence-electron chi connectivity index (χ2n) is 7.21. The lowest BCUT2D eigenvalue weighted by Crippen LogP contribution is -2.35. The van der Waals surface area contributed by atoms with E-state index in [1.165, 1.54) is 30.3 Å². The molecule has 0 saturated heterocycles. The maximum absolute atomic E-state index is 13.1. The zero-order valence-corrected chi connectivity index (χ0v) is 15.2. The van der Waals surface area contributed by atoms with Gasteiger partial charge in [-0.3, -0.25) is 9.59 Å². The van der Waals surface area contributed by atoms with Crippen molar-refractivity contribution in [3.05, 3.63) is 77.6 Å². The summed E-state index contributed by atoms with van der Waals surface area (Å²) in [6.07, 6.45) is 5.38. The first kappa shape index (κ1) is 19.0. The summed E-state index contributed by atoms with van der Waals surface area (Å²) < 4.78 is 13.1. The number of ketones is 2. The summed E-state index contributed by atoms with van der Waals surface area (Å²) in [6, 6.07) is 14.3. The van der Waals surface area contributed by atoms with Crippen LogP contribution in [-0.4, -0.2) is 16.7 Å². The zero-order chi connectivity index (χ0) is 19.3. The topological polar surface area (TPSA) is 54.4 Å². The molecule has 2 aromatic carbocycles. The molecule has 3 rings (SSSR count). The largest absolute Gasteiger partial charge is 0.507 e. The van der Waals surface area contributed by atoms with E-state index < -0.39 is 11.2 Å². The number of aliphatic hydroxyl groups is 1. The summed E-state index contributed by atoms with van der Waals surface area (Å²) in [6.45, 7) is 0. The number of allylic oxidation sites excluding steroid dienone is 1. The number of benzene rings is 2. The Morgan fingerprint density at radius 1 is 0.926 bits per heavy atom. The van der Waals surface area contributed by atoms with E-state index in [0.717, 1.165) is 19.3 Å². The van der Waals surface area contributed by atoms with Crippen LogP contribution in [0.4, 0.5) is 4.39 Å². The third kappa shape index (κ3) is 4.51. The summed E-state index contributed by atoms with van der Waals surface area (Å²) in [5.41, 5.74) is 0.180. The number of carbonyl (C=O) groups excluding carboxylic acids is 2. The van der Waals surface area contributed by atoms with Crippen LogP contribution in [-0.2, 0) is 4.79 Å². The van der Waals surface area contributed by atoms with Crippen molar-refractivity contribution < 1.29 is 19.1 Å². The van der Waals surface area contributed by atoms with Crippen LogP contribution in [0, 0.1) is 11.2 Å². The molecular weight excluding hydrogens is 343 g/mol. The number of aliphatic hydroxyl groups excluding tert-OH is 1. The van der Waals surface area contributed by atoms with Crippen LogP contribution in [0.2, 0.25) is 0 Å². The van der Waals surface area contributed by atoms with E-state index in [2.05, 4.69) is 0 Å². The number of Topliss-reactive ketones (excluding diaryl/α,β-unsaturated/α-hetero) is 1. The van der Waals surface area contributed by atoms with Crippen molar-refractivity contribution in [3.8, 4) is 0 Å². The standard InChI is InChI=1S/C23H23FO3/c24-19-11-9-18(10-12-19)21(26)16-23(13-5-2-6-14-23)22(27)15-20(25)17-7-3-1-4-8-17/h1,3-4,7-12,15,25H,2,5-6,13-14,16H2/b20-15-. The third-order valence-electron chi connectivity index (χ3n) is 5.34. The van der Waals surface area contributed by atoms with Crippen LogP contribution < -0.4 is 0 Å². The van der Waals surface area contributed by atoms with Crippen LogP contribution in [0.5, 0.6) is 0 Å². The van der Waals surface area contributed by atoms with Crippen molar-refractivity contribution in [1.29, 1.82) is 0 Å². The van der Waals surface area contributed by atoms with E-state index in [-0.39, 0.29) is 23.7 Å². The molecule has 2 aromatic rings. The van der Waals surface area contributed by atoms with Gasteiger partial charge < -0.3 is 5.11 Å². The Morgan fingerprint density at radius 3 is 2.19 bits per heavy atom. The molecule has 140 valence electrons. The molecule has 1 fully saturated rings. The number of hydrogen-bond acceptors (Lipinski definition) is 3. The Morgan fingerprint density at radius 2 is 1.56 bits per heavy atom. The predicted octanol–water partition coefficient (Wildman–Crippen LogP) is 5.52. The molecule has 1 saturated carbocycles. The molecule has 0 spiro atoms. The number of rotatable bonds is 6. The monoisotopic (exact) mass is 366 g/mol. The molecule has 0 aromatic heterocycles. The second-order valence-corrected chi connectivity index (χ2v) is 7.21. The van der Waals surface area contributed by atoms with Crippen LogP contribution in [0.1, 0.15) is 54.4 Å². The van der Waals surface area contributed by atoms with Gasteiger partial charge in [0.2, 0.25) is 0 Å².